The maximum atomic E-state index is 4.66. The van der Waals surface area contributed by atoms with Crippen molar-refractivity contribution in [2.75, 3.05) is 24.5 Å². The van der Waals surface area contributed by atoms with Gasteiger partial charge in [0.1, 0.15) is 0 Å². The van der Waals surface area contributed by atoms with Gasteiger partial charge < -0.3 is 10.2 Å². The van der Waals surface area contributed by atoms with E-state index in [0.29, 0.717) is 6.04 Å². The molecule has 1 unspecified atom stereocenters. The van der Waals surface area contributed by atoms with Crippen molar-refractivity contribution in [1.29, 1.82) is 0 Å². The van der Waals surface area contributed by atoms with Crippen LogP contribution in [0, 0.1) is 6.92 Å². The molecule has 1 atom stereocenters. The number of hydrogen-bond acceptors (Lipinski definition) is 3. The third-order valence-corrected chi connectivity index (χ3v) is 4.18. The minimum absolute atomic E-state index is 0.596. The highest BCUT2D eigenvalue weighted by atomic mass is 15.2. The molecule has 0 aliphatic carbocycles. The van der Waals surface area contributed by atoms with E-state index in [4.69, 9.17) is 0 Å². The number of hydrogen-bond donors (Lipinski definition) is 1. The molecule has 3 heteroatoms. The highest BCUT2D eigenvalue weighted by Crippen LogP contribution is 2.29. The monoisotopic (exact) mass is 269 g/mol. The largest absolute Gasteiger partial charge is 0.367 e. The van der Waals surface area contributed by atoms with Gasteiger partial charge in [0.2, 0.25) is 0 Å². The van der Waals surface area contributed by atoms with Crippen LogP contribution in [0.15, 0.2) is 30.3 Å². The van der Waals surface area contributed by atoms with E-state index in [1.54, 1.807) is 0 Å². The molecular formula is C17H23N3. The van der Waals surface area contributed by atoms with Gasteiger partial charge in [0, 0.05) is 35.9 Å². The van der Waals surface area contributed by atoms with Crippen molar-refractivity contribution in [2.24, 2.45) is 0 Å². The molecule has 106 valence electrons. The van der Waals surface area contributed by atoms with Gasteiger partial charge in [-0.1, -0.05) is 18.2 Å². The van der Waals surface area contributed by atoms with E-state index in [1.165, 1.54) is 23.9 Å². The molecule has 20 heavy (non-hydrogen) atoms. The van der Waals surface area contributed by atoms with Gasteiger partial charge >= 0.3 is 0 Å². The topological polar surface area (TPSA) is 28.2 Å². The Bertz CT molecular complexity index is 588. The number of nitrogens with zero attached hydrogens (tertiary/aromatic N) is 2. The van der Waals surface area contributed by atoms with Crippen LogP contribution in [0.1, 0.15) is 25.5 Å². The molecule has 1 aliphatic heterocycles. The minimum atomic E-state index is 0.596. The molecule has 3 nitrogen and oxygen atoms in total. The Hall–Kier alpha value is -1.61. The summed E-state index contributed by atoms with van der Waals surface area (Å²) in [5, 5.41) is 4.79. The summed E-state index contributed by atoms with van der Waals surface area (Å²) < 4.78 is 0. The average Bonchev–Trinajstić information content (AvgIpc) is 2.49. The molecule has 0 radical (unpaired) electrons. The Morgan fingerprint density at radius 1 is 1.35 bits per heavy atom. The van der Waals surface area contributed by atoms with E-state index >= 15 is 0 Å². The van der Waals surface area contributed by atoms with Crippen molar-refractivity contribution >= 4 is 16.6 Å². The molecule has 2 aromatic rings. The summed E-state index contributed by atoms with van der Waals surface area (Å²) in [4.78, 5) is 7.20. The normalized spacial score (nSPS) is 19.2. The summed E-state index contributed by atoms with van der Waals surface area (Å²) in [6.07, 6.45) is 2.54. The summed E-state index contributed by atoms with van der Waals surface area (Å²) in [5.41, 5.74) is 3.54. The number of likely N-dealkylation sites (N-methyl/N-ethyl adjacent to an activating group) is 1. The van der Waals surface area contributed by atoms with E-state index < -0.39 is 0 Å². The number of rotatable bonds is 3. The van der Waals surface area contributed by atoms with Gasteiger partial charge in [-0.25, -0.2) is 0 Å². The number of fused-ring (bicyclic) bond motifs is 1. The molecule has 1 fully saturated rings. The van der Waals surface area contributed by atoms with Crippen LogP contribution in [0.2, 0.25) is 0 Å². The Morgan fingerprint density at radius 3 is 2.95 bits per heavy atom. The highest BCUT2D eigenvalue weighted by molar-refractivity contribution is 5.92. The van der Waals surface area contributed by atoms with Crippen LogP contribution in [0.5, 0.6) is 0 Å². The van der Waals surface area contributed by atoms with Crippen molar-refractivity contribution in [1.82, 2.24) is 10.3 Å². The lowest BCUT2D eigenvalue weighted by Crippen LogP contribution is -2.46. The lowest BCUT2D eigenvalue weighted by atomic mass is 10.0. The minimum Gasteiger partial charge on any atom is -0.367 e. The lowest BCUT2D eigenvalue weighted by molar-refractivity contribution is 0.436. The van der Waals surface area contributed by atoms with Crippen LogP contribution >= 0.6 is 0 Å². The number of pyridine rings is 1. The summed E-state index contributed by atoms with van der Waals surface area (Å²) in [7, 11) is 0. The Kier molecular flexibility index (Phi) is 3.88. The average molecular weight is 269 g/mol. The number of anilines is 1. The molecule has 0 saturated carbocycles. The third kappa shape index (κ3) is 2.50. The number of aryl methyl sites for hydroxylation is 1. The first-order chi connectivity index (χ1) is 9.79. The zero-order valence-electron chi connectivity index (χ0n) is 12.4. The zero-order valence-corrected chi connectivity index (χ0v) is 12.4. The molecule has 0 spiro atoms. The molecule has 1 aromatic carbocycles. The Balaban J connectivity index is 2.06. The van der Waals surface area contributed by atoms with Crippen LogP contribution in [-0.4, -0.2) is 30.7 Å². The van der Waals surface area contributed by atoms with E-state index in [2.05, 4.69) is 59.4 Å². The molecule has 1 aliphatic rings. The van der Waals surface area contributed by atoms with Crippen molar-refractivity contribution in [3.63, 3.8) is 0 Å². The van der Waals surface area contributed by atoms with Crippen LogP contribution in [0.3, 0.4) is 0 Å². The smallest absolute Gasteiger partial charge is 0.0726 e. The molecule has 0 bridgehead atoms. The number of benzene rings is 1. The van der Waals surface area contributed by atoms with E-state index in [9.17, 15) is 0 Å². The van der Waals surface area contributed by atoms with E-state index in [1.807, 2.05) is 0 Å². The summed E-state index contributed by atoms with van der Waals surface area (Å²) in [6.45, 7) is 7.62. The van der Waals surface area contributed by atoms with E-state index in [-0.39, 0.29) is 0 Å². The molecule has 1 saturated heterocycles. The van der Waals surface area contributed by atoms with Crippen molar-refractivity contribution < 1.29 is 0 Å². The fourth-order valence-corrected chi connectivity index (χ4v) is 3.25. The second-order valence-corrected chi connectivity index (χ2v) is 5.59. The summed E-state index contributed by atoms with van der Waals surface area (Å²) in [6, 6.07) is 11.3. The van der Waals surface area contributed by atoms with Crippen LogP contribution in [0.4, 0.5) is 5.69 Å². The number of piperidine rings is 1. The number of aromatic nitrogens is 1. The van der Waals surface area contributed by atoms with Gasteiger partial charge in [-0.3, -0.25) is 4.98 Å². The molecule has 1 aromatic heterocycles. The van der Waals surface area contributed by atoms with Gasteiger partial charge in [-0.2, -0.15) is 0 Å². The first-order valence-electron chi connectivity index (χ1n) is 7.63. The molecule has 2 heterocycles. The number of para-hydroxylation sites is 1. The van der Waals surface area contributed by atoms with Crippen LogP contribution < -0.4 is 10.2 Å². The second-order valence-electron chi connectivity index (χ2n) is 5.59. The standard InChI is InChI=1S/C17H23N3/c1-3-20(14-7-6-10-18-12-14)17-11-13(2)19-16-9-5-4-8-15(16)17/h4-5,8-9,11,14,18H,3,6-7,10,12H2,1-2H3. The maximum Gasteiger partial charge on any atom is 0.0726 e. The lowest BCUT2D eigenvalue weighted by Gasteiger charge is -2.36. The predicted molar refractivity (Wildman–Crippen MR) is 85.4 cm³/mol. The molecular weight excluding hydrogens is 246 g/mol. The molecule has 0 amide bonds. The van der Waals surface area contributed by atoms with Crippen LogP contribution in [0.25, 0.3) is 10.9 Å². The first kappa shape index (κ1) is 13.4. The van der Waals surface area contributed by atoms with Gasteiger partial charge in [0.05, 0.1) is 5.52 Å². The van der Waals surface area contributed by atoms with Crippen molar-refractivity contribution in [3.05, 3.63) is 36.0 Å². The van der Waals surface area contributed by atoms with Crippen LogP contribution in [-0.2, 0) is 0 Å². The van der Waals surface area contributed by atoms with Gasteiger partial charge in [0.25, 0.3) is 0 Å². The fraction of sp³-hybridized carbons (Fsp3) is 0.471. The molecule has 1 N–H and O–H groups in total. The highest BCUT2D eigenvalue weighted by Gasteiger charge is 2.21. The SMILES string of the molecule is CCN(c1cc(C)nc2ccccc12)C1CCCNC1. The van der Waals surface area contributed by atoms with Gasteiger partial charge in [0.15, 0.2) is 0 Å². The summed E-state index contributed by atoms with van der Waals surface area (Å²) >= 11 is 0. The Labute approximate surface area is 121 Å². The summed E-state index contributed by atoms with van der Waals surface area (Å²) in [5.74, 6) is 0. The van der Waals surface area contributed by atoms with Gasteiger partial charge in [-0.15, -0.1) is 0 Å². The Morgan fingerprint density at radius 2 is 2.20 bits per heavy atom. The van der Waals surface area contributed by atoms with Gasteiger partial charge in [-0.05, 0) is 45.4 Å². The van der Waals surface area contributed by atoms with Crippen molar-refractivity contribution in [2.45, 2.75) is 32.7 Å². The fourth-order valence-electron chi connectivity index (χ4n) is 3.25. The molecule has 3 rings (SSSR count). The predicted octanol–water partition coefficient (Wildman–Crippen LogP) is 3.12. The zero-order chi connectivity index (χ0) is 13.9. The number of nitrogens with one attached hydrogen (secondary N) is 1. The third-order valence-electron chi connectivity index (χ3n) is 4.18. The first-order valence-corrected chi connectivity index (χ1v) is 7.63. The van der Waals surface area contributed by atoms with E-state index in [0.717, 1.165) is 30.8 Å². The quantitative estimate of drug-likeness (QED) is 0.928. The van der Waals surface area contributed by atoms with Crippen molar-refractivity contribution in [3.8, 4) is 0 Å². The second kappa shape index (κ2) is 5.80. The maximum absolute atomic E-state index is 4.66.